The number of amides is 1. The van der Waals surface area contributed by atoms with Gasteiger partial charge in [0.2, 0.25) is 0 Å². The highest BCUT2D eigenvalue weighted by Gasteiger charge is 2.24. The van der Waals surface area contributed by atoms with Crippen molar-refractivity contribution in [2.24, 2.45) is 0 Å². The maximum atomic E-state index is 12.6. The molecule has 0 bridgehead atoms. The fraction of sp³-hybridized carbons (Fsp3) is 0.381. The second kappa shape index (κ2) is 9.10. The minimum absolute atomic E-state index is 0.0234. The fourth-order valence-electron chi connectivity index (χ4n) is 3.39. The van der Waals surface area contributed by atoms with Crippen LogP contribution in [0.25, 0.3) is 0 Å². The van der Waals surface area contributed by atoms with Crippen LogP contribution in [0, 0.1) is 0 Å². The number of nitrogens with one attached hydrogen (secondary N) is 1. The molecule has 1 heterocycles. The molecule has 0 saturated carbocycles. The first-order chi connectivity index (χ1) is 12.7. The standard InChI is InChI=1S/C21H26N2O2S/c1-25-18-7-5-6-17(14-18)20(23-12-3-4-13-23)15-22-21(24)16-8-10-19(26-2)11-9-16/h5-11,14,20H,3-4,12-13,15H2,1-2H3,(H,22,24). The molecule has 2 aromatic rings. The monoisotopic (exact) mass is 370 g/mol. The first kappa shape index (κ1) is 18.8. The highest BCUT2D eigenvalue weighted by atomic mass is 32.2. The lowest BCUT2D eigenvalue weighted by Gasteiger charge is -2.28. The van der Waals surface area contributed by atoms with Crippen molar-refractivity contribution < 1.29 is 9.53 Å². The summed E-state index contributed by atoms with van der Waals surface area (Å²) < 4.78 is 5.38. The summed E-state index contributed by atoms with van der Waals surface area (Å²) in [7, 11) is 1.68. The van der Waals surface area contributed by atoms with E-state index in [-0.39, 0.29) is 11.9 Å². The molecule has 5 heteroatoms. The zero-order valence-corrected chi connectivity index (χ0v) is 16.2. The summed E-state index contributed by atoms with van der Waals surface area (Å²) in [5, 5.41) is 3.12. The van der Waals surface area contributed by atoms with Crippen LogP contribution in [-0.4, -0.2) is 43.8 Å². The van der Waals surface area contributed by atoms with Crippen molar-refractivity contribution in [3.05, 3.63) is 59.7 Å². The van der Waals surface area contributed by atoms with E-state index in [4.69, 9.17) is 4.74 Å². The number of hydrogen-bond acceptors (Lipinski definition) is 4. The molecule has 0 radical (unpaired) electrons. The van der Waals surface area contributed by atoms with Crippen LogP contribution in [0.1, 0.15) is 34.8 Å². The average Bonchev–Trinajstić information content (AvgIpc) is 3.22. The van der Waals surface area contributed by atoms with Gasteiger partial charge < -0.3 is 10.1 Å². The third-order valence-corrected chi connectivity index (χ3v) is 5.61. The number of nitrogens with zero attached hydrogens (tertiary/aromatic N) is 1. The Morgan fingerprint density at radius 2 is 1.92 bits per heavy atom. The summed E-state index contributed by atoms with van der Waals surface area (Å²) in [6.45, 7) is 2.73. The molecule has 1 fully saturated rings. The lowest BCUT2D eigenvalue weighted by Crippen LogP contribution is -2.36. The van der Waals surface area contributed by atoms with Gasteiger partial charge in [-0.1, -0.05) is 12.1 Å². The minimum Gasteiger partial charge on any atom is -0.497 e. The van der Waals surface area contributed by atoms with E-state index >= 15 is 0 Å². The maximum Gasteiger partial charge on any atom is 0.251 e. The van der Waals surface area contributed by atoms with Crippen molar-refractivity contribution in [2.75, 3.05) is 33.0 Å². The minimum atomic E-state index is -0.0234. The van der Waals surface area contributed by atoms with Crippen molar-refractivity contribution in [3.63, 3.8) is 0 Å². The predicted octanol–water partition coefficient (Wildman–Crippen LogP) is 3.98. The Hall–Kier alpha value is -1.98. The molecule has 1 amide bonds. The van der Waals surface area contributed by atoms with Crippen LogP contribution in [0.15, 0.2) is 53.4 Å². The second-order valence-electron chi connectivity index (χ2n) is 6.47. The van der Waals surface area contributed by atoms with E-state index in [1.165, 1.54) is 18.4 Å². The number of carbonyl (C=O) groups is 1. The van der Waals surface area contributed by atoms with Crippen LogP contribution < -0.4 is 10.1 Å². The molecule has 138 valence electrons. The third-order valence-electron chi connectivity index (χ3n) is 4.87. The topological polar surface area (TPSA) is 41.6 Å². The molecule has 0 aromatic heterocycles. The summed E-state index contributed by atoms with van der Waals surface area (Å²) in [4.78, 5) is 16.2. The van der Waals surface area contributed by atoms with Gasteiger partial charge in [-0.3, -0.25) is 9.69 Å². The largest absolute Gasteiger partial charge is 0.497 e. The fourth-order valence-corrected chi connectivity index (χ4v) is 3.80. The number of carbonyl (C=O) groups excluding carboxylic acids is 1. The molecule has 1 saturated heterocycles. The smallest absolute Gasteiger partial charge is 0.251 e. The molecule has 0 spiro atoms. The maximum absolute atomic E-state index is 12.6. The lowest BCUT2D eigenvalue weighted by molar-refractivity contribution is 0.0938. The number of methoxy groups -OCH3 is 1. The van der Waals surface area contributed by atoms with Crippen molar-refractivity contribution in [2.45, 2.75) is 23.8 Å². The van der Waals surface area contributed by atoms with Crippen molar-refractivity contribution >= 4 is 17.7 Å². The molecule has 1 atom stereocenters. The Morgan fingerprint density at radius 1 is 1.19 bits per heavy atom. The summed E-state index contributed by atoms with van der Waals surface area (Å²) in [5.41, 5.74) is 1.89. The van der Waals surface area contributed by atoms with Crippen LogP contribution in [0.5, 0.6) is 5.75 Å². The number of benzene rings is 2. The van der Waals surface area contributed by atoms with Gasteiger partial charge in [-0.25, -0.2) is 0 Å². The Kier molecular flexibility index (Phi) is 6.58. The van der Waals surface area contributed by atoms with E-state index in [1.54, 1.807) is 18.9 Å². The number of likely N-dealkylation sites (tertiary alicyclic amines) is 1. The zero-order chi connectivity index (χ0) is 18.4. The summed E-state index contributed by atoms with van der Waals surface area (Å²) in [6.07, 6.45) is 4.46. The SMILES string of the molecule is COc1cccc(C(CNC(=O)c2ccc(SC)cc2)N2CCCC2)c1. The number of ether oxygens (including phenoxy) is 1. The number of rotatable bonds is 7. The Bertz CT molecular complexity index is 727. The van der Waals surface area contributed by atoms with Gasteiger partial charge >= 0.3 is 0 Å². The highest BCUT2D eigenvalue weighted by Crippen LogP contribution is 2.27. The quantitative estimate of drug-likeness (QED) is 0.749. The average molecular weight is 371 g/mol. The van der Waals surface area contributed by atoms with Gasteiger partial charge in [0.05, 0.1) is 13.2 Å². The van der Waals surface area contributed by atoms with Gasteiger partial charge in [-0.2, -0.15) is 0 Å². The molecule has 0 aliphatic carbocycles. The molecule has 1 N–H and O–H groups in total. The van der Waals surface area contributed by atoms with E-state index in [2.05, 4.69) is 22.3 Å². The molecular formula is C21H26N2O2S. The molecule has 26 heavy (non-hydrogen) atoms. The van der Waals surface area contributed by atoms with Crippen molar-refractivity contribution in [3.8, 4) is 5.75 Å². The summed E-state index contributed by atoms with van der Waals surface area (Å²) in [6, 6.07) is 16.1. The Morgan fingerprint density at radius 3 is 2.58 bits per heavy atom. The van der Waals surface area contributed by atoms with E-state index < -0.39 is 0 Å². The third kappa shape index (κ3) is 4.59. The normalized spacial score (nSPS) is 15.6. The number of hydrogen-bond donors (Lipinski definition) is 1. The zero-order valence-electron chi connectivity index (χ0n) is 15.4. The first-order valence-corrected chi connectivity index (χ1v) is 10.2. The molecule has 1 unspecified atom stereocenters. The molecule has 2 aromatic carbocycles. The lowest BCUT2D eigenvalue weighted by atomic mass is 10.0. The van der Waals surface area contributed by atoms with Crippen LogP contribution in [0.4, 0.5) is 0 Å². The van der Waals surface area contributed by atoms with Gasteiger partial charge in [0.15, 0.2) is 0 Å². The summed E-state index contributed by atoms with van der Waals surface area (Å²) >= 11 is 1.67. The van der Waals surface area contributed by atoms with Gasteiger partial charge in [-0.15, -0.1) is 11.8 Å². The Labute approximate surface area is 159 Å². The Balaban J connectivity index is 1.71. The molecule has 4 nitrogen and oxygen atoms in total. The molecular weight excluding hydrogens is 344 g/mol. The van der Waals surface area contributed by atoms with E-state index in [1.807, 2.05) is 42.7 Å². The van der Waals surface area contributed by atoms with Gasteiger partial charge in [0.1, 0.15) is 5.75 Å². The molecule has 1 aliphatic heterocycles. The summed E-state index contributed by atoms with van der Waals surface area (Å²) in [5.74, 6) is 0.829. The van der Waals surface area contributed by atoms with Gasteiger partial charge in [0, 0.05) is 17.0 Å². The van der Waals surface area contributed by atoms with Crippen LogP contribution in [0.3, 0.4) is 0 Å². The van der Waals surface area contributed by atoms with Crippen LogP contribution >= 0.6 is 11.8 Å². The van der Waals surface area contributed by atoms with Gasteiger partial charge in [-0.05, 0) is 74.1 Å². The molecule has 1 aliphatic rings. The van der Waals surface area contributed by atoms with Crippen LogP contribution in [0.2, 0.25) is 0 Å². The predicted molar refractivity (Wildman–Crippen MR) is 107 cm³/mol. The van der Waals surface area contributed by atoms with E-state index in [0.29, 0.717) is 12.1 Å². The van der Waals surface area contributed by atoms with Crippen molar-refractivity contribution in [1.29, 1.82) is 0 Å². The first-order valence-electron chi connectivity index (χ1n) is 9.01. The molecule has 3 rings (SSSR count). The van der Waals surface area contributed by atoms with E-state index in [0.717, 1.165) is 23.7 Å². The highest BCUT2D eigenvalue weighted by molar-refractivity contribution is 7.98. The number of thioether (sulfide) groups is 1. The second-order valence-corrected chi connectivity index (χ2v) is 7.35. The van der Waals surface area contributed by atoms with Crippen LogP contribution in [-0.2, 0) is 0 Å². The van der Waals surface area contributed by atoms with Crippen molar-refractivity contribution in [1.82, 2.24) is 10.2 Å². The van der Waals surface area contributed by atoms with Gasteiger partial charge in [0.25, 0.3) is 5.91 Å². The van der Waals surface area contributed by atoms with E-state index in [9.17, 15) is 4.79 Å².